The van der Waals surface area contributed by atoms with Crippen LogP contribution in [-0.4, -0.2) is 35.3 Å². The molecule has 0 saturated carbocycles. The van der Waals surface area contributed by atoms with Gasteiger partial charge in [0.25, 0.3) is 0 Å². The molecule has 29 heavy (non-hydrogen) atoms. The lowest BCUT2D eigenvalue weighted by molar-refractivity contribution is 0.0250. The van der Waals surface area contributed by atoms with Crippen LogP contribution in [0.25, 0.3) is 10.8 Å². The zero-order valence-electron chi connectivity index (χ0n) is 17.5. The summed E-state index contributed by atoms with van der Waals surface area (Å²) in [5.41, 5.74) is 1.24. The first kappa shape index (κ1) is 20.9. The summed E-state index contributed by atoms with van der Waals surface area (Å²) < 4.78 is 5.50. The van der Waals surface area contributed by atoms with Crippen molar-refractivity contribution >= 4 is 16.9 Å². The van der Waals surface area contributed by atoms with Gasteiger partial charge in [-0.05, 0) is 42.7 Å². The standard InChI is InChI=1S/C25H29NO3/c1-25(2,3)29-24(28)26(4)17-22(23(27)19-11-6-5-7-12-19)21-15-14-18-10-8-9-13-20(18)16-21/h5-16,22-23,27H,17H2,1-4H3/t22-,23-/m1/s1. The summed E-state index contributed by atoms with van der Waals surface area (Å²) in [6, 6.07) is 23.9. The summed E-state index contributed by atoms with van der Waals surface area (Å²) in [5, 5.41) is 13.4. The fourth-order valence-electron chi connectivity index (χ4n) is 3.42. The zero-order valence-corrected chi connectivity index (χ0v) is 17.5. The number of hydrogen-bond donors (Lipinski definition) is 1. The van der Waals surface area contributed by atoms with Crippen molar-refractivity contribution in [1.29, 1.82) is 0 Å². The Labute approximate surface area is 172 Å². The van der Waals surface area contributed by atoms with Crippen molar-refractivity contribution in [1.82, 2.24) is 4.90 Å². The number of aliphatic hydroxyl groups excluding tert-OH is 1. The predicted octanol–water partition coefficient (Wildman–Crippen LogP) is 5.52. The second-order valence-corrected chi connectivity index (χ2v) is 8.43. The van der Waals surface area contributed by atoms with Gasteiger partial charge >= 0.3 is 6.09 Å². The number of likely N-dealkylation sites (N-methyl/N-ethyl adjacent to an activating group) is 1. The van der Waals surface area contributed by atoms with Crippen LogP contribution in [0.3, 0.4) is 0 Å². The van der Waals surface area contributed by atoms with Gasteiger partial charge in [0.1, 0.15) is 5.60 Å². The number of benzene rings is 3. The highest BCUT2D eigenvalue weighted by Crippen LogP contribution is 2.33. The molecule has 0 aliphatic heterocycles. The Morgan fingerprint density at radius 3 is 2.21 bits per heavy atom. The number of rotatable bonds is 5. The van der Waals surface area contributed by atoms with E-state index in [4.69, 9.17) is 4.74 Å². The van der Waals surface area contributed by atoms with Crippen LogP contribution in [0.5, 0.6) is 0 Å². The second-order valence-electron chi connectivity index (χ2n) is 8.43. The average Bonchev–Trinajstić information content (AvgIpc) is 2.70. The van der Waals surface area contributed by atoms with E-state index >= 15 is 0 Å². The van der Waals surface area contributed by atoms with Crippen LogP contribution in [-0.2, 0) is 4.74 Å². The Balaban J connectivity index is 1.93. The summed E-state index contributed by atoms with van der Waals surface area (Å²) in [6.07, 6.45) is -1.15. The topological polar surface area (TPSA) is 49.8 Å². The SMILES string of the molecule is CN(C[C@H](c1ccc2ccccc2c1)[C@H](O)c1ccccc1)C(=O)OC(C)(C)C. The van der Waals surface area contributed by atoms with Crippen LogP contribution in [0.1, 0.15) is 43.9 Å². The number of aliphatic hydroxyl groups is 1. The van der Waals surface area contributed by atoms with Crippen LogP contribution in [0.15, 0.2) is 72.8 Å². The number of fused-ring (bicyclic) bond motifs is 1. The van der Waals surface area contributed by atoms with Crippen LogP contribution in [0.2, 0.25) is 0 Å². The molecule has 4 heteroatoms. The van der Waals surface area contributed by atoms with Crippen LogP contribution in [0.4, 0.5) is 4.79 Å². The van der Waals surface area contributed by atoms with Gasteiger partial charge in [0, 0.05) is 19.5 Å². The first-order valence-corrected chi connectivity index (χ1v) is 9.90. The Kier molecular flexibility index (Phi) is 6.23. The Morgan fingerprint density at radius 2 is 1.55 bits per heavy atom. The summed E-state index contributed by atoms with van der Waals surface area (Å²) in [6.45, 7) is 5.87. The van der Waals surface area contributed by atoms with E-state index in [0.717, 1.165) is 21.9 Å². The number of nitrogens with zero attached hydrogens (tertiary/aromatic N) is 1. The van der Waals surface area contributed by atoms with Gasteiger partial charge in [0.15, 0.2) is 0 Å². The Hall–Kier alpha value is -2.85. The molecule has 3 rings (SSSR count). The lowest BCUT2D eigenvalue weighted by Gasteiger charge is -2.30. The van der Waals surface area contributed by atoms with E-state index in [2.05, 4.69) is 24.3 Å². The predicted molar refractivity (Wildman–Crippen MR) is 117 cm³/mol. The molecule has 3 aromatic rings. The molecule has 0 aromatic heterocycles. The number of hydrogen-bond acceptors (Lipinski definition) is 3. The summed E-state index contributed by atoms with van der Waals surface area (Å²) in [4.78, 5) is 14.1. The van der Waals surface area contributed by atoms with E-state index in [9.17, 15) is 9.90 Å². The molecule has 0 aliphatic carbocycles. The molecule has 0 spiro atoms. The van der Waals surface area contributed by atoms with Gasteiger partial charge in [-0.2, -0.15) is 0 Å². The molecule has 0 heterocycles. The van der Waals surface area contributed by atoms with Gasteiger partial charge < -0.3 is 14.7 Å². The number of carbonyl (C=O) groups excluding carboxylic acids is 1. The minimum Gasteiger partial charge on any atom is -0.444 e. The van der Waals surface area contributed by atoms with Gasteiger partial charge in [0.2, 0.25) is 0 Å². The van der Waals surface area contributed by atoms with Crippen molar-refractivity contribution in [2.45, 2.75) is 38.4 Å². The van der Waals surface area contributed by atoms with Gasteiger partial charge in [0.05, 0.1) is 6.10 Å². The van der Waals surface area contributed by atoms with Crippen LogP contribution < -0.4 is 0 Å². The van der Waals surface area contributed by atoms with Crippen molar-refractivity contribution in [2.75, 3.05) is 13.6 Å². The molecule has 0 aliphatic rings. The Morgan fingerprint density at radius 1 is 0.931 bits per heavy atom. The molecule has 0 radical (unpaired) electrons. The van der Waals surface area contributed by atoms with Gasteiger partial charge in [-0.1, -0.05) is 72.8 Å². The maximum atomic E-state index is 12.5. The molecule has 3 aromatic carbocycles. The first-order chi connectivity index (χ1) is 13.7. The lowest BCUT2D eigenvalue weighted by atomic mass is 9.87. The Bertz CT molecular complexity index is 962. The molecular weight excluding hydrogens is 362 g/mol. The van der Waals surface area contributed by atoms with E-state index in [0.29, 0.717) is 6.54 Å². The van der Waals surface area contributed by atoms with E-state index in [-0.39, 0.29) is 5.92 Å². The third kappa shape index (κ3) is 5.36. The van der Waals surface area contributed by atoms with Crippen LogP contribution in [0, 0.1) is 0 Å². The summed E-state index contributed by atoms with van der Waals surface area (Å²) in [7, 11) is 1.71. The van der Waals surface area contributed by atoms with Gasteiger partial charge in [-0.25, -0.2) is 4.79 Å². The van der Waals surface area contributed by atoms with Gasteiger partial charge in [-0.3, -0.25) is 0 Å². The molecule has 0 fully saturated rings. The fraction of sp³-hybridized carbons (Fsp3) is 0.320. The maximum absolute atomic E-state index is 12.5. The van der Waals surface area contributed by atoms with Crippen molar-refractivity contribution in [2.24, 2.45) is 0 Å². The fourth-order valence-corrected chi connectivity index (χ4v) is 3.42. The lowest BCUT2D eigenvalue weighted by Crippen LogP contribution is -2.37. The zero-order chi connectivity index (χ0) is 21.0. The quantitative estimate of drug-likeness (QED) is 0.623. The highest BCUT2D eigenvalue weighted by Gasteiger charge is 2.28. The summed E-state index contributed by atoms with van der Waals surface area (Å²) in [5.74, 6) is -0.292. The molecule has 2 atom stereocenters. The molecule has 1 amide bonds. The molecule has 0 bridgehead atoms. The van der Waals surface area contributed by atoms with E-state index in [1.807, 2.05) is 69.3 Å². The number of ether oxygens (including phenoxy) is 1. The highest BCUT2D eigenvalue weighted by molar-refractivity contribution is 5.83. The van der Waals surface area contributed by atoms with E-state index in [1.54, 1.807) is 7.05 Å². The molecule has 152 valence electrons. The van der Waals surface area contributed by atoms with Crippen molar-refractivity contribution in [3.05, 3.63) is 83.9 Å². The average molecular weight is 392 g/mol. The molecular formula is C25H29NO3. The summed E-state index contributed by atoms with van der Waals surface area (Å²) >= 11 is 0. The molecule has 0 saturated heterocycles. The smallest absolute Gasteiger partial charge is 0.410 e. The number of amides is 1. The number of carbonyl (C=O) groups is 1. The van der Waals surface area contributed by atoms with E-state index in [1.165, 1.54) is 4.90 Å². The second kappa shape index (κ2) is 8.66. The highest BCUT2D eigenvalue weighted by atomic mass is 16.6. The first-order valence-electron chi connectivity index (χ1n) is 9.90. The monoisotopic (exact) mass is 391 g/mol. The maximum Gasteiger partial charge on any atom is 0.410 e. The third-order valence-corrected chi connectivity index (χ3v) is 4.90. The normalized spacial score (nSPS) is 13.7. The minimum atomic E-state index is -0.748. The van der Waals surface area contributed by atoms with Crippen molar-refractivity contribution in [3.8, 4) is 0 Å². The van der Waals surface area contributed by atoms with Gasteiger partial charge in [-0.15, -0.1) is 0 Å². The van der Waals surface area contributed by atoms with Crippen molar-refractivity contribution < 1.29 is 14.6 Å². The minimum absolute atomic E-state index is 0.292. The largest absolute Gasteiger partial charge is 0.444 e. The molecule has 1 N–H and O–H groups in total. The molecule has 4 nitrogen and oxygen atoms in total. The van der Waals surface area contributed by atoms with Crippen molar-refractivity contribution in [3.63, 3.8) is 0 Å². The third-order valence-electron chi connectivity index (χ3n) is 4.90. The van der Waals surface area contributed by atoms with Crippen LogP contribution >= 0.6 is 0 Å². The molecule has 0 unspecified atom stereocenters. The van der Waals surface area contributed by atoms with E-state index < -0.39 is 17.8 Å².